The summed E-state index contributed by atoms with van der Waals surface area (Å²) in [6, 6.07) is 0.374. The maximum absolute atomic E-state index is 11.5. The molecule has 0 aromatic carbocycles. The van der Waals surface area contributed by atoms with E-state index in [0.717, 1.165) is 12.5 Å². The molecule has 1 rings (SSSR count). The molecule has 1 aliphatic carbocycles. The number of nitrogens with one attached hydrogen (secondary N) is 2. The van der Waals surface area contributed by atoms with Gasteiger partial charge in [0.1, 0.15) is 0 Å². The van der Waals surface area contributed by atoms with Crippen LogP contribution in [0, 0.1) is 11.8 Å². The molecule has 2 N–H and O–H groups in total. The van der Waals surface area contributed by atoms with Crippen molar-refractivity contribution >= 4 is 5.91 Å². The van der Waals surface area contributed by atoms with Gasteiger partial charge in [-0.3, -0.25) is 4.79 Å². The minimum absolute atomic E-state index is 0.131. The standard InChI is InChI=1S/C13H26N2O/c1-10(2)14-9-13(16)15-8-12-7-5-4-6-11(12)3/h10-12,14H,4-9H2,1-3H3,(H,15,16). The molecule has 3 heteroatoms. The summed E-state index contributed by atoms with van der Waals surface area (Å²) in [7, 11) is 0. The number of amides is 1. The lowest BCUT2D eigenvalue weighted by molar-refractivity contribution is -0.120. The van der Waals surface area contributed by atoms with E-state index in [9.17, 15) is 4.79 Å². The van der Waals surface area contributed by atoms with Gasteiger partial charge in [0.25, 0.3) is 0 Å². The van der Waals surface area contributed by atoms with E-state index in [4.69, 9.17) is 0 Å². The van der Waals surface area contributed by atoms with Crippen molar-refractivity contribution in [2.45, 2.75) is 52.5 Å². The van der Waals surface area contributed by atoms with Gasteiger partial charge in [-0.15, -0.1) is 0 Å². The summed E-state index contributed by atoms with van der Waals surface area (Å²) in [5.41, 5.74) is 0. The van der Waals surface area contributed by atoms with Gasteiger partial charge in [0.2, 0.25) is 5.91 Å². The monoisotopic (exact) mass is 226 g/mol. The van der Waals surface area contributed by atoms with Gasteiger partial charge in [0.15, 0.2) is 0 Å². The van der Waals surface area contributed by atoms with Gasteiger partial charge in [-0.2, -0.15) is 0 Å². The molecule has 0 radical (unpaired) electrons. The SMILES string of the molecule is CC(C)NCC(=O)NCC1CCCCC1C. The highest BCUT2D eigenvalue weighted by molar-refractivity contribution is 5.77. The predicted octanol–water partition coefficient (Wildman–Crippen LogP) is 1.93. The van der Waals surface area contributed by atoms with Gasteiger partial charge in [-0.05, 0) is 18.3 Å². The second-order valence-corrected chi connectivity index (χ2v) is 5.36. The molecule has 2 unspecified atom stereocenters. The van der Waals surface area contributed by atoms with Crippen molar-refractivity contribution < 1.29 is 4.79 Å². The van der Waals surface area contributed by atoms with E-state index in [1.54, 1.807) is 0 Å². The highest BCUT2D eigenvalue weighted by Crippen LogP contribution is 2.28. The third-order valence-corrected chi connectivity index (χ3v) is 3.52. The van der Waals surface area contributed by atoms with Crippen molar-refractivity contribution in [3.63, 3.8) is 0 Å². The average molecular weight is 226 g/mol. The third kappa shape index (κ3) is 4.97. The van der Waals surface area contributed by atoms with Crippen LogP contribution in [0.1, 0.15) is 46.5 Å². The van der Waals surface area contributed by atoms with Crippen LogP contribution in [0.4, 0.5) is 0 Å². The van der Waals surface area contributed by atoms with Crippen LogP contribution in [0.2, 0.25) is 0 Å². The number of rotatable bonds is 5. The predicted molar refractivity (Wildman–Crippen MR) is 67.3 cm³/mol. The molecule has 0 heterocycles. The van der Waals surface area contributed by atoms with E-state index >= 15 is 0 Å². The van der Waals surface area contributed by atoms with Crippen molar-refractivity contribution in [1.29, 1.82) is 0 Å². The normalized spacial score (nSPS) is 25.8. The molecule has 0 saturated heterocycles. The third-order valence-electron chi connectivity index (χ3n) is 3.52. The Hall–Kier alpha value is -0.570. The van der Waals surface area contributed by atoms with Crippen LogP contribution in [0.25, 0.3) is 0 Å². The number of carbonyl (C=O) groups is 1. The van der Waals surface area contributed by atoms with Crippen LogP contribution in [-0.2, 0) is 4.79 Å². The van der Waals surface area contributed by atoms with Crippen molar-refractivity contribution in [2.75, 3.05) is 13.1 Å². The highest BCUT2D eigenvalue weighted by atomic mass is 16.1. The number of hydrogen-bond acceptors (Lipinski definition) is 2. The Morgan fingerprint density at radius 3 is 2.62 bits per heavy atom. The molecule has 1 aliphatic rings. The zero-order valence-corrected chi connectivity index (χ0v) is 10.9. The lowest BCUT2D eigenvalue weighted by atomic mass is 9.80. The maximum Gasteiger partial charge on any atom is 0.233 e. The van der Waals surface area contributed by atoms with Gasteiger partial charge in [-0.25, -0.2) is 0 Å². The highest BCUT2D eigenvalue weighted by Gasteiger charge is 2.21. The fourth-order valence-electron chi connectivity index (χ4n) is 2.30. The molecule has 1 saturated carbocycles. The first-order valence-electron chi connectivity index (χ1n) is 6.59. The summed E-state index contributed by atoms with van der Waals surface area (Å²) >= 11 is 0. The summed E-state index contributed by atoms with van der Waals surface area (Å²) in [5, 5.41) is 6.17. The summed E-state index contributed by atoms with van der Waals surface area (Å²) in [6.07, 6.45) is 5.29. The second kappa shape index (κ2) is 6.89. The van der Waals surface area contributed by atoms with Crippen LogP contribution in [0.3, 0.4) is 0 Å². The maximum atomic E-state index is 11.5. The molecular formula is C13H26N2O. The molecule has 0 aromatic rings. The van der Waals surface area contributed by atoms with Crippen molar-refractivity contribution in [3.05, 3.63) is 0 Å². The summed E-state index contributed by atoms with van der Waals surface area (Å²) in [6.45, 7) is 7.72. The Balaban J connectivity index is 2.15. The van der Waals surface area contributed by atoms with E-state index in [1.807, 2.05) is 0 Å². The first-order chi connectivity index (χ1) is 7.59. The molecule has 1 amide bonds. The topological polar surface area (TPSA) is 41.1 Å². The van der Waals surface area contributed by atoms with Gasteiger partial charge in [0.05, 0.1) is 6.54 Å². The van der Waals surface area contributed by atoms with Gasteiger partial charge in [0, 0.05) is 12.6 Å². The quantitative estimate of drug-likeness (QED) is 0.752. The first-order valence-corrected chi connectivity index (χ1v) is 6.59. The number of hydrogen-bond donors (Lipinski definition) is 2. The first kappa shape index (κ1) is 13.5. The van der Waals surface area contributed by atoms with Gasteiger partial charge < -0.3 is 10.6 Å². The Bertz CT molecular complexity index is 216. The molecule has 0 bridgehead atoms. The Morgan fingerprint density at radius 2 is 2.00 bits per heavy atom. The van der Waals surface area contributed by atoms with Gasteiger partial charge in [-0.1, -0.05) is 40.0 Å². The Morgan fingerprint density at radius 1 is 1.31 bits per heavy atom. The number of carbonyl (C=O) groups excluding carboxylic acids is 1. The van der Waals surface area contributed by atoms with Gasteiger partial charge >= 0.3 is 0 Å². The second-order valence-electron chi connectivity index (χ2n) is 5.36. The zero-order chi connectivity index (χ0) is 12.0. The molecule has 3 nitrogen and oxygen atoms in total. The molecule has 0 spiro atoms. The van der Waals surface area contributed by atoms with Crippen molar-refractivity contribution in [1.82, 2.24) is 10.6 Å². The van der Waals surface area contributed by atoms with Crippen LogP contribution in [0.5, 0.6) is 0 Å². The van der Waals surface area contributed by atoms with E-state index in [-0.39, 0.29) is 5.91 Å². The summed E-state index contributed by atoms with van der Waals surface area (Å²) in [4.78, 5) is 11.5. The molecular weight excluding hydrogens is 200 g/mol. The van der Waals surface area contributed by atoms with E-state index in [0.29, 0.717) is 18.5 Å². The van der Waals surface area contributed by atoms with E-state index < -0.39 is 0 Å². The van der Waals surface area contributed by atoms with Crippen LogP contribution in [-0.4, -0.2) is 25.0 Å². The lowest BCUT2D eigenvalue weighted by Crippen LogP contribution is -2.40. The fourth-order valence-corrected chi connectivity index (χ4v) is 2.30. The molecule has 94 valence electrons. The fraction of sp³-hybridized carbons (Fsp3) is 0.923. The van der Waals surface area contributed by atoms with Crippen LogP contribution in [0.15, 0.2) is 0 Å². The Labute approximate surface area is 99.4 Å². The van der Waals surface area contributed by atoms with E-state index in [1.165, 1.54) is 25.7 Å². The lowest BCUT2D eigenvalue weighted by Gasteiger charge is -2.28. The molecule has 1 fully saturated rings. The summed E-state index contributed by atoms with van der Waals surface area (Å²) < 4.78 is 0. The molecule has 16 heavy (non-hydrogen) atoms. The average Bonchev–Trinajstić information content (AvgIpc) is 2.25. The largest absolute Gasteiger partial charge is 0.355 e. The minimum Gasteiger partial charge on any atom is -0.355 e. The Kier molecular flexibility index (Phi) is 5.81. The summed E-state index contributed by atoms with van der Waals surface area (Å²) in [5.74, 6) is 1.59. The molecule has 2 atom stereocenters. The molecule has 0 aromatic heterocycles. The van der Waals surface area contributed by atoms with Crippen LogP contribution >= 0.6 is 0 Å². The minimum atomic E-state index is 0.131. The molecule has 0 aliphatic heterocycles. The zero-order valence-electron chi connectivity index (χ0n) is 10.9. The van der Waals surface area contributed by atoms with Crippen molar-refractivity contribution in [2.24, 2.45) is 11.8 Å². The van der Waals surface area contributed by atoms with Crippen LogP contribution < -0.4 is 10.6 Å². The van der Waals surface area contributed by atoms with E-state index in [2.05, 4.69) is 31.4 Å². The smallest absolute Gasteiger partial charge is 0.233 e. The van der Waals surface area contributed by atoms with Crippen molar-refractivity contribution in [3.8, 4) is 0 Å².